The summed E-state index contributed by atoms with van der Waals surface area (Å²) >= 11 is 0. The molecule has 3 rings (SSSR count). The Morgan fingerprint density at radius 3 is 2.72 bits per heavy atom. The SMILES string of the molecule is CC1(C)OC(=O)c2c(OCc3cnn(COCC[Si](C)(C)C)c3)ccc(O)c2O1. The van der Waals surface area contributed by atoms with Crippen LogP contribution >= 0.6 is 0 Å². The quantitative estimate of drug-likeness (QED) is 0.395. The molecular formula is C20H28N2O6Si. The fourth-order valence-electron chi connectivity index (χ4n) is 2.76. The first-order valence-electron chi connectivity index (χ1n) is 9.54. The van der Waals surface area contributed by atoms with Crippen LogP contribution in [0.25, 0.3) is 0 Å². The van der Waals surface area contributed by atoms with Crippen LogP contribution in [-0.2, 0) is 22.8 Å². The summed E-state index contributed by atoms with van der Waals surface area (Å²) in [5, 5.41) is 14.3. The zero-order chi connectivity index (χ0) is 21.2. The summed E-state index contributed by atoms with van der Waals surface area (Å²) in [6, 6.07) is 4.05. The van der Waals surface area contributed by atoms with E-state index in [2.05, 4.69) is 24.7 Å². The van der Waals surface area contributed by atoms with Crippen molar-refractivity contribution in [3.05, 3.63) is 35.7 Å². The highest BCUT2D eigenvalue weighted by atomic mass is 28.3. The Hall–Kier alpha value is -2.52. The minimum Gasteiger partial charge on any atom is -0.504 e. The van der Waals surface area contributed by atoms with Crippen molar-refractivity contribution in [3.8, 4) is 17.2 Å². The number of ether oxygens (including phenoxy) is 4. The molecule has 0 atom stereocenters. The Morgan fingerprint density at radius 2 is 2.00 bits per heavy atom. The number of phenols is 1. The van der Waals surface area contributed by atoms with Gasteiger partial charge in [0.2, 0.25) is 5.79 Å². The van der Waals surface area contributed by atoms with Crippen LogP contribution < -0.4 is 9.47 Å². The van der Waals surface area contributed by atoms with E-state index >= 15 is 0 Å². The van der Waals surface area contributed by atoms with E-state index in [4.69, 9.17) is 18.9 Å². The Morgan fingerprint density at radius 1 is 1.24 bits per heavy atom. The van der Waals surface area contributed by atoms with Crippen LogP contribution in [0.4, 0.5) is 0 Å². The number of benzene rings is 1. The van der Waals surface area contributed by atoms with E-state index in [-0.39, 0.29) is 29.4 Å². The van der Waals surface area contributed by atoms with Gasteiger partial charge >= 0.3 is 5.97 Å². The summed E-state index contributed by atoms with van der Waals surface area (Å²) in [6.07, 6.45) is 3.52. The van der Waals surface area contributed by atoms with Crippen molar-refractivity contribution in [3.63, 3.8) is 0 Å². The first-order valence-corrected chi connectivity index (χ1v) is 13.2. The molecule has 0 radical (unpaired) electrons. The molecule has 1 aromatic heterocycles. The smallest absolute Gasteiger partial charge is 0.349 e. The van der Waals surface area contributed by atoms with Crippen LogP contribution in [0.3, 0.4) is 0 Å². The molecule has 0 unspecified atom stereocenters. The van der Waals surface area contributed by atoms with Gasteiger partial charge in [0.05, 0.1) is 6.20 Å². The standard InChI is InChI=1S/C20H28N2O6Si/c1-20(2)27-18-15(23)6-7-16(17(18)19(24)28-20)26-12-14-10-21-22(11-14)13-25-8-9-29(3,4)5/h6-7,10-11,23H,8-9,12-13H2,1-5H3. The molecule has 0 saturated carbocycles. The number of phenolic OH excluding ortho intramolecular Hbond substituents is 1. The lowest BCUT2D eigenvalue weighted by atomic mass is 10.1. The first-order chi connectivity index (χ1) is 13.5. The number of cyclic esters (lactones) is 1. The van der Waals surface area contributed by atoms with E-state index in [1.807, 2.05) is 6.20 Å². The van der Waals surface area contributed by atoms with E-state index < -0.39 is 19.8 Å². The molecule has 0 amide bonds. The lowest BCUT2D eigenvalue weighted by molar-refractivity contribution is -0.128. The predicted octanol–water partition coefficient (Wildman–Crippen LogP) is 3.77. The molecule has 158 valence electrons. The third kappa shape index (κ3) is 5.51. The highest BCUT2D eigenvalue weighted by Crippen LogP contribution is 2.43. The number of nitrogens with zero attached hydrogens (tertiary/aromatic N) is 2. The van der Waals surface area contributed by atoms with Gasteiger partial charge in [0, 0.05) is 40.3 Å². The fourth-order valence-corrected chi connectivity index (χ4v) is 3.52. The van der Waals surface area contributed by atoms with Crippen molar-refractivity contribution in [1.29, 1.82) is 0 Å². The second kappa shape index (κ2) is 8.07. The van der Waals surface area contributed by atoms with Crippen LogP contribution in [0, 0.1) is 0 Å². The highest BCUT2D eigenvalue weighted by molar-refractivity contribution is 6.76. The van der Waals surface area contributed by atoms with E-state index in [9.17, 15) is 9.90 Å². The van der Waals surface area contributed by atoms with Crippen molar-refractivity contribution in [2.45, 2.75) is 58.7 Å². The van der Waals surface area contributed by atoms with Crippen molar-refractivity contribution in [1.82, 2.24) is 9.78 Å². The van der Waals surface area contributed by atoms with Crippen molar-refractivity contribution in [2.75, 3.05) is 6.61 Å². The normalized spacial score (nSPS) is 15.4. The molecule has 0 bridgehead atoms. The lowest BCUT2D eigenvalue weighted by Gasteiger charge is -2.32. The Labute approximate surface area is 171 Å². The van der Waals surface area contributed by atoms with Crippen LogP contribution in [-0.4, -0.2) is 41.3 Å². The average Bonchev–Trinajstić information content (AvgIpc) is 3.05. The fraction of sp³-hybridized carbons (Fsp3) is 0.500. The zero-order valence-electron chi connectivity index (χ0n) is 17.5. The minimum absolute atomic E-state index is 0.0650. The second-order valence-electron chi connectivity index (χ2n) is 8.70. The maximum absolute atomic E-state index is 12.4. The Bertz CT molecular complexity index is 888. The van der Waals surface area contributed by atoms with E-state index in [0.29, 0.717) is 6.73 Å². The monoisotopic (exact) mass is 420 g/mol. The molecule has 29 heavy (non-hydrogen) atoms. The minimum atomic E-state index is -1.16. The Kier molecular flexibility index (Phi) is 5.90. The number of esters is 1. The van der Waals surface area contributed by atoms with Gasteiger partial charge < -0.3 is 24.1 Å². The number of aromatic nitrogens is 2. The van der Waals surface area contributed by atoms with Gasteiger partial charge in [-0.15, -0.1) is 0 Å². The molecule has 1 aromatic carbocycles. The highest BCUT2D eigenvalue weighted by Gasteiger charge is 2.38. The summed E-state index contributed by atoms with van der Waals surface area (Å²) < 4.78 is 24.0. The van der Waals surface area contributed by atoms with Gasteiger partial charge in [0.15, 0.2) is 11.5 Å². The third-order valence-electron chi connectivity index (χ3n) is 4.29. The summed E-state index contributed by atoms with van der Waals surface area (Å²) in [7, 11) is -1.11. The van der Waals surface area contributed by atoms with Crippen molar-refractivity contribution < 1.29 is 28.8 Å². The molecule has 0 fully saturated rings. The topological polar surface area (TPSA) is 92.0 Å². The van der Waals surface area contributed by atoms with E-state index in [1.165, 1.54) is 12.1 Å². The molecule has 0 aliphatic carbocycles. The average molecular weight is 421 g/mol. The maximum atomic E-state index is 12.4. The predicted molar refractivity (Wildman–Crippen MR) is 109 cm³/mol. The first kappa shape index (κ1) is 21.2. The van der Waals surface area contributed by atoms with Gasteiger partial charge in [0.1, 0.15) is 24.7 Å². The van der Waals surface area contributed by atoms with Crippen molar-refractivity contribution in [2.24, 2.45) is 0 Å². The molecule has 0 spiro atoms. The number of fused-ring (bicyclic) bond motifs is 1. The number of rotatable bonds is 8. The number of carbonyl (C=O) groups excluding carboxylic acids is 1. The summed E-state index contributed by atoms with van der Waals surface area (Å²) in [4.78, 5) is 12.4. The molecular weight excluding hydrogens is 392 g/mol. The van der Waals surface area contributed by atoms with Gasteiger partial charge in [-0.2, -0.15) is 5.10 Å². The van der Waals surface area contributed by atoms with Crippen molar-refractivity contribution >= 4 is 14.0 Å². The third-order valence-corrected chi connectivity index (χ3v) is 5.99. The largest absolute Gasteiger partial charge is 0.504 e. The molecule has 1 aliphatic rings. The maximum Gasteiger partial charge on any atom is 0.349 e. The molecule has 9 heteroatoms. The van der Waals surface area contributed by atoms with Gasteiger partial charge in [-0.25, -0.2) is 9.48 Å². The van der Waals surface area contributed by atoms with Gasteiger partial charge in [-0.1, -0.05) is 19.6 Å². The Balaban J connectivity index is 1.62. The van der Waals surface area contributed by atoms with E-state index in [1.54, 1.807) is 24.7 Å². The number of hydrogen-bond donors (Lipinski definition) is 1. The molecule has 8 nitrogen and oxygen atoms in total. The van der Waals surface area contributed by atoms with Crippen LogP contribution in [0.1, 0.15) is 29.8 Å². The zero-order valence-corrected chi connectivity index (χ0v) is 18.5. The van der Waals surface area contributed by atoms with E-state index in [0.717, 1.165) is 18.2 Å². The number of aromatic hydroxyl groups is 1. The van der Waals surface area contributed by atoms with Crippen LogP contribution in [0.5, 0.6) is 17.2 Å². The molecule has 0 saturated heterocycles. The molecule has 2 heterocycles. The van der Waals surface area contributed by atoms with Crippen LogP contribution in [0.15, 0.2) is 24.5 Å². The summed E-state index contributed by atoms with van der Waals surface area (Å²) in [6.45, 7) is 11.4. The number of hydrogen-bond acceptors (Lipinski definition) is 7. The molecule has 2 aromatic rings. The van der Waals surface area contributed by atoms with Crippen LogP contribution in [0.2, 0.25) is 25.7 Å². The van der Waals surface area contributed by atoms with Gasteiger partial charge in [-0.3, -0.25) is 0 Å². The summed E-state index contributed by atoms with van der Waals surface area (Å²) in [5.41, 5.74) is 0.900. The number of carbonyl (C=O) groups is 1. The second-order valence-corrected chi connectivity index (χ2v) is 14.3. The van der Waals surface area contributed by atoms with Gasteiger partial charge in [0.25, 0.3) is 0 Å². The summed E-state index contributed by atoms with van der Waals surface area (Å²) in [5.74, 6) is -1.56. The molecule has 1 N–H and O–H groups in total. The lowest BCUT2D eigenvalue weighted by Crippen LogP contribution is -2.39. The molecule has 1 aliphatic heterocycles. The van der Waals surface area contributed by atoms with Gasteiger partial charge in [-0.05, 0) is 18.2 Å².